The molecule has 1 aromatic carbocycles. The van der Waals surface area contributed by atoms with Gasteiger partial charge in [-0.3, -0.25) is 0 Å². The van der Waals surface area contributed by atoms with E-state index in [9.17, 15) is 9.90 Å². The molecule has 0 amide bonds. The Morgan fingerprint density at radius 2 is 1.88 bits per heavy atom. The summed E-state index contributed by atoms with van der Waals surface area (Å²) in [6.45, 7) is 3.69. The number of rotatable bonds is 5. The second-order valence-corrected chi connectivity index (χ2v) is 3.66. The van der Waals surface area contributed by atoms with E-state index in [1.807, 2.05) is 0 Å². The van der Waals surface area contributed by atoms with E-state index in [2.05, 4.69) is 0 Å². The van der Waals surface area contributed by atoms with Gasteiger partial charge < -0.3 is 14.6 Å². The SMILES string of the molecule is CCOC(=O)C(O)(CC)c1ccc(OC)cc1. The molecule has 0 bridgehead atoms. The van der Waals surface area contributed by atoms with Gasteiger partial charge in [0.25, 0.3) is 0 Å². The summed E-state index contributed by atoms with van der Waals surface area (Å²) in [7, 11) is 1.56. The van der Waals surface area contributed by atoms with Gasteiger partial charge in [-0.15, -0.1) is 0 Å². The molecule has 0 saturated carbocycles. The molecule has 1 rings (SSSR count). The van der Waals surface area contributed by atoms with Crippen molar-refractivity contribution in [2.75, 3.05) is 13.7 Å². The van der Waals surface area contributed by atoms with Crippen molar-refractivity contribution in [2.45, 2.75) is 25.9 Å². The molecule has 0 aromatic heterocycles. The maximum absolute atomic E-state index is 11.7. The van der Waals surface area contributed by atoms with Crippen LogP contribution in [0.2, 0.25) is 0 Å². The van der Waals surface area contributed by atoms with Crippen molar-refractivity contribution in [3.05, 3.63) is 29.8 Å². The number of carbonyl (C=O) groups is 1. The zero-order valence-corrected chi connectivity index (χ0v) is 10.4. The fourth-order valence-electron chi connectivity index (χ4n) is 1.58. The molecule has 0 radical (unpaired) electrons. The van der Waals surface area contributed by atoms with Crippen molar-refractivity contribution < 1.29 is 19.4 Å². The predicted octanol–water partition coefficient (Wildman–Crippen LogP) is 1.86. The highest BCUT2D eigenvalue weighted by Gasteiger charge is 2.37. The molecule has 0 spiro atoms. The van der Waals surface area contributed by atoms with E-state index < -0.39 is 11.6 Å². The highest BCUT2D eigenvalue weighted by atomic mass is 16.5. The van der Waals surface area contributed by atoms with Gasteiger partial charge in [-0.25, -0.2) is 4.79 Å². The first-order valence-electron chi connectivity index (χ1n) is 5.62. The zero-order chi connectivity index (χ0) is 12.9. The maximum Gasteiger partial charge on any atom is 0.342 e. The third-order valence-electron chi connectivity index (χ3n) is 2.69. The minimum Gasteiger partial charge on any atom is -0.497 e. The summed E-state index contributed by atoms with van der Waals surface area (Å²) in [6.07, 6.45) is 0.262. The van der Waals surface area contributed by atoms with Crippen molar-refractivity contribution in [3.8, 4) is 5.75 Å². The monoisotopic (exact) mass is 238 g/mol. The van der Waals surface area contributed by atoms with Crippen molar-refractivity contribution in [1.29, 1.82) is 0 Å². The molecule has 1 atom stereocenters. The van der Waals surface area contributed by atoms with Gasteiger partial charge in [0.2, 0.25) is 0 Å². The summed E-state index contributed by atoms with van der Waals surface area (Å²) in [5.74, 6) is 0.0590. The molecular formula is C13H18O4. The summed E-state index contributed by atoms with van der Waals surface area (Å²) >= 11 is 0. The van der Waals surface area contributed by atoms with E-state index >= 15 is 0 Å². The fraction of sp³-hybridized carbons (Fsp3) is 0.462. The Kier molecular flexibility index (Phi) is 4.52. The van der Waals surface area contributed by atoms with E-state index in [0.29, 0.717) is 11.3 Å². The topological polar surface area (TPSA) is 55.8 Å². The lowest BCUT2D eigenvalue weighted by atomic mass is 9.91. The second kappa shape index (κ2) is 5.68. The molecule has 0 aliphatic rings. The van der Waals surface area contributed by atoms with Gasteiger partial charge in [0.05, 0.1) is 13.7 Å². The van der Waals surface area contributed by atoms with Gasteiger partial charge in [0.1, 0.15) is 5.75 Å². The third kappa shape index (κ3) is 2.77. The molecule has 4 heteroatoms. The van der Waals surface area contributed by atoms with Crippen LogP contribution in [0, 0.1) is 0 Å². The average molecular weight is 238 g/mol. The van der Waals surface area contributed by atoms with E-state index in [1.165, 1.54) is 0 Å². The summed E-state index contributed by atoms with van der Waals surface area (Å²) in [4.78, 5) is 11.7. The number of ether oxygens (including phenoxy) is 2. The van der Waals surface area contributed by atoms with Crippen molar-refractivity contribution in [2.24, 2.45) is 0 Å². The quantitative estimate of drug-likeness (QED) is 0.795. The number of hydrogen-bond donors (Lipinski definition) is 1. The minimum atomic E-state index is -1.58. The van der Waals surface area contributed by atoms with Gasteiger partial charge in [0.15, 0.2) is 5.60 Å². The summed E-state index contributed by atoms with van der Waals surface area (Å²) in [6, 6.07) is 6.74. The second-order valence-electron chi connectivity index (χ2n) is 3.66. The maximum atomic E-state index is 11.7. The lowest BCUT2D eigenvalue weighted by Crippen LogP contribution is -2.36. The molecule has 1 aromatic rings. The van der Waals surface area contributed by atoms with Crippen LogP contribution in [0.5, 0.6) is 5.75 Å². The van der Waals surface area contributed by atoms with Crippen LogP contribution in [-0.2, 0) is 15.1 Å². The fourth-order valence-corrected chi connectivity index (χ4v) is 1.58. The molecule has 0 aliphatic heterocycles. The van der Waals surface area contributed by atoms with Crippen LogP contribution in [0.15, 0.2) is 24.3 Å². The van der Waals surface area contributed by atoms with Gasteiger partial charge in [0, 0.05) is 0 Å². The molecule has 0 saturated heterocycles. The van der Waals surface area contributed by atoms with Crippen LogP contribution in [0.3, 0.4) is 0 Å². The van der Waals surface area contributed by atoms with E-state index in [4.69, 9.17) is 9.47 Å². The Morgan fingerprint density at radius 3 is 2.29 bits per heavy atom. The third-order valence-corrected chi connectivity index (χ3v) is 2.69. The molecule has 1 unspecified atom stereocenters. The van der Waals surface area contributed by atoms with Gasteiger partial charge in [-0.05, 0) is 31.0 Å². The average Bonchev–Trinajstić information content (AvgIpc) is 2.38. The number of hydrogen-bond acceptors (Lipinski definition) is 4. The smallest absolute Gasteiger partial charge is 0.342 e. The van der Waals surface area contributed by atoms with E-state index in [-0.39, 0.29) is 13.0 Å². The lowest BCUT2D eigenvalue weighted by molar-refractivity contribution is -0.166. The van der Waals surface area contributed by atoms with Crippen molar-refractivity contribution in [3.63, 3.8) is 0 Å². The summed E-state index contributed by atoms with van der Waals surface area (Å²) < 4.78 is 9.91. The molecule has 4 nitrogen and oxygen atoms in total. The summed E-state index contributed by atoms with van der Waals surface area (Å²) in [5, 5.41) is 10.3. The van der Waals surface area contributed by atoms with Crippen LogP contribution in [0.25, 0.3) is 0 Å². The number of esters is 1. The van der Waals surface area contributed by atoms with Crippen LogP contribution >= 0.6 is 0 Å². The minimum absolute atomic E-state index is 0.247. The van der Waals surface area contributed by atoms with Gasteiger partial charge in [-0.2, -0.15) is 0 Å². The number of benzene rings is 1. The van der Waals surface area contributed by atoms with E-state index in [0.717, 1.165) is 0 Å². The van der Waals surface area contributed by atoms with E-state index in [1.54, 1.807) is 45.2 Å². The molecular weight excluding hydrogens is 220 g/mol. The Bertz CT molecular complexity index is 372. The Balaban J connectivity index is 3.02. The first-order chi connectivity index (χ1) is 8.08. The standard InChI is InChI=1S/C13H18O4/c1-4-13(15,12(14)17-5-2)10-6-8-11(16-3)9-7-10/h6-9,15H,4-5H2,1-3H3. The van der Waals surface area contributed by atoms with Gasteiger partial charge in [-0.1, -0.05) is 19.1 Å². The largest absolute Gasteiger partial charge is 0.497 e. The Labute approximate surface area is 101 Å². The van der Waals surface area contributed by atoms with Crippen LogP contribution in [0.4, 0.5) is 0 Å². The number of carbonyl (C=O) groups excluding carboxylic acids is 1. The zero-order valence-electron chi connectivity index (χ0n) is 10.4. The normalized spacial score (nSPS) is 13.9. The van der Waals surface area contributed by atoms with Crippen molar-refractivity contribution >= 4 is 5.97 Å². The van der Waals surface area contributed by atoms with Crippen LogP contribution < -0.4 is 4.74 Å². The predicted molar refractivity (Wildman–Crippen MR) is 63.8 cm³/mol. The van der Waals surface area contributed by atoms with Crippen LogP contribution in [-0.4, -0.2) is 24.8 Å². The molecule has 0 heterocycles. The molecule has 0 aliphatic carbocycles. The Hall–Kier alpha value is -1.55. The van der Waals surface area contributed by atoms with Crippen molar-refractivity contribution in [1.82, 2.24) is 0 Å². The van der Waals surface area contributed by atoms with Gasteiger partial charge >= 0.3 is 5.97 Å². The molecule has 0 fully saturated rings. The number of methoxy groups -OCH3 is 1. The first kappa shape index (κ1) is 13.5. The first-order valence-corrected chi connectivity index (χ1v) is 5.62. The highest BCUT2D eigenvalue weighted by molar-refractivity contribution is 5.81. The highest BCUT2D eigenvalue weighted by Crippen LogP contribution is 2.28. The summed E-state index contributed by atoms with van der Waals surface area (Å²) in [5.41, 5.74) is -1.07. The lowest BCUT2D eigenvalue weighted by Gasteiger charge is -2.24. The molecule has 94 valence electrons. The number of aliphatic hydroxyl groups is 1. The molecule has 1 N–H and O–H groups in total. The van der Waals surface area contributed by atoms with Crippen LogP contribution in [0.1, 0.15) is 25.8 Å². The molecule has 17 heavy (non-hydrogen) atoms. The Morgan fingerprint density at radius 1 is 1.29 bits per heavy atom.